The van der Waals surface area contributed by atoms with Crippen LogP contribution in [0.25, 0.3) is 43.8 Å². The van der Waals surface area contributed by atoms with Gasteiger partial charge in [-0.1, -0.05) is 182 Å². The molecule has 0 amide bonds. The monoisotopic (exact) mass is 758 g/mol. The molecule has 272 valence electrons. The number of fused-ring (bicyclic) bond motifs is 11. The molecule has 0 bridgehead atoms. The lowest BCUT2D eigenvalue weighted by atomic mass is 9.67. The van der Waals surface area contributed by atoms with E-state index in [9.17, 15) is 0 Å². The van der Waals surface area contributed by atoms with Gasteiger partial charge in [-0.05, 0) is 72.8 Å². The maximum atomic E-state index is 5.39. The van der Waals surface area contributed by atoms with Crippen molar-refractivity contribution in [2.45, 2.75) is 21.4 Å². The van der Waals surface area contributed by atoms with Crippen LogP contribution in [-0.4, -0.2) is 16.7 Å². The van der Waals surface area contributed by atoms with E-state index in [1.54, 1.807) is 0 Å². The van der Waals surface area contributed by atoms with E-state index in [2.05, 4.69) is 186 Å². The maximum absolute atomic E-state index is 5.39. The molecule has 4 nitrogen and oxygen atoms in total. The molecule has 1 spiro atoms. The van der Waals surface area contributed by atoms with Crippen LogP contribution in [0.5, 0.6) is 0 Å². The molecule has 2 aliphatic heterocycles. The summed E-state index contributed by atoms with van der Waals surface area (Å²) in [6.45, 7) is 0. The predicted molar refractivity (Wildman–Crippen MR) is 238 cm³/mol. The summed E-state index contributed by atoms with van der Waals surface area (Å²) in [6, 6.07) is 65.8. The summed E-state index contributed by atoms with van der Waals surface area (Å²) in [5, 5.41) is 8.30. The van der Waals surface area contributed by atoms with Crippen LogP contribution in [0.4, 0.5) is 0 Å². The highest BCUT2D eigenvalue weighted by atomic mass is 32.2. The van der Waals surface area contributed by atoms with Gasteiger partial charge in [0.1, 0.15) is 11.7 Å². The van der Waals surface area contributed by atoms with E-state index in [-0.39, 0.29) is 0 Å². The van der Waals surface area contributed by atoms with Crippen LogP contribution in [0.15, 0.2) is 214 Å². The first-order chi connectivity index (χ1) is 28.7. The fraction of sp³-hybridized carbons (Fsp3) is 0.0377. The number of benzene rings is 8. The highest BCUT2D eigenvalue weighted by Gasteiger charge is 2.50. The van der Waals surface area contributed by atoms with E-state index in [1.165, 1.54) is 53.9 Å². The Bertz CT molecular complexity index is 3150. The van der Waals surface area contributed by atoms with Gasteiger partial charge < -0.3 is 5.32 Å². The molecule has 1 unspecified atom stereocenters. The Balaban J connectivity index is 1.07. The van der Waals surface area contributed by atoms with Crippen molar-refractivity contribution in [1.29, 1.82) is 0 Å². The molecule has 1 atom stereocenters. The van der Waals surface area contributed by atoms with Crippen LogP contribution in [0.1, 0.15) is 45.1 Å². The molecule has 58 heavy (non-hydrogen) atoms. The third kappa shape index (κ3) is 4.93. The minimum Gasteiger partial charge on any atom is -0.324 e. The van der Waals surface area contributed by atoms with E-state index in [1.807, 2.05) is 30.2 Å². The van der Waals surface area contributed by atoms with Gasteiger partial charge in [-0.25, -0.2) is 9.98 Å². The summed E-state index contributed by atoms with van der Waals surface area (Å²) >= 11 is 1.85. The minimum atomic E-state index is -0.499. The van der Waals surface area contributed by atoms with Gasteiger partial charge in [-0.2, -0.15) is 0 Å². The Morgan fingerprint density at radius 3 is 1.83 bits per heavy atom. The first-order valence-corrected chi connectivity index (χ1v) is 20.5. The number of hydrogen-bond donors (Lipinski definition) is 1. The number of aliphatic imine (C=N–C) groups is 2. The molecule has 0 fully saturated rings. The van der Waals surface area contributed by atoms with Crippen molar-refractivity contribution in [2.24, 2.45) is 9.98 Å². The summed E-state index contributed by atoms with van der Waals surface area (Å²) < 4.78 is 0. The molecular weight excluding hydrogens is 725 g/mol. The molecule has 0 saturated carbocycles. The van der Waals surface area contributed by atoms with Gasteiger partial charge in [-0.15, -0.1) is 0 Å². The fourth-order valence-corrected chi connectivity index (χ4v) is 10.8. The second-order valence-corrected chi connectivity index (χ2v) is 16.2. The number of nitrogens with one attached hydrogen (secondary N) is 1. The fourth-order valence-electron chi connectivity index (χ4n) is 9.51. The lowest BCUT2D eigenvalue weighted by Gasteiger charge is -2.40. The standard InChI is InChI=1S/C53H34N4S/c1-2-14-34(15-3-1)50-55-51(57-52(56-50)42-22-12-17-33-13-4-6-18-38(33)42)36-26-28-47-49(30-36)58-48-29-35(43-32-54-31-37-16-5-7-19-39(37)43)25-27-46(48)53(47)44-23-10-8-20-40(44)41-21-9-11-24-45(41)53/h1-32,51H,(H,55,56,57). The summed E-state index contributed by atoms with van der Waals surface area (Å²) in [7, 11) is 0. The zero-order chi connectivity index (χ0) is 38.2. The number of pyridine rings is 1. The van der Waals surface area contributed by atoms with Crippen LogP contribution in [0, 0.1) is 0 Å². The first kappa shape index (κ1) is 33.1. The Kier molecular flexibility index (Phi) is 7.41. The molecule has 5 heteroatoms. The summed E-state index contributed by atoms with van der Waals surface area (Å²) in [5.41, 5.74) is 12.7. The largest absolute Gasteiger partial charge is 0.324 e. The summed E-state index contributed by atoms with van der Waals surface area (Å²) in [6.07, 6.45) is 3.50. The van der Waals surface area contributed by atoms with Gasteiger partial charge >= 0.3 is 0 Å². The lowest BCUT2D eigenvalue weighted by Crippen LogP contribution is -2.36. The van der Waals surface area contributed by atoms with Crippen LogP contribution in [-0.2, 0) is 5.41 Å². The zero-order valence-electron chi connectivity index (χ0n) is 31.3. The number of rotatable bonds is 4. The predicted octanol–water partition coefficient (Wildman–Crippen LogP) is 12.4. The molecule has 1 N–H and O–H groups in total. The number of hydrogen-bond acceptors (Lipinski definition) is 5. The van der Waals surface area contributed by atoms with Gasteiger partial charge in [-0.3, -0.25) is 4.98 Å². The Labute approximate surface area is 340 Å². The maximum Gasteiger partial charge on any atom is 0.169 e. The molecule has 1 aromatic heterocycles. The number of amidine groups is 2. The molecule has 12 rings (SSSR count). The quantitative estimate of drug-likeness (QED) is 0.194. The zero-order valence-corrected chi connectivity index (χ0v) is 32.1. The topological polar surface area (TPSA) is 49.6 Å². The molecule has 0 saturated heterocycles. The molecule has 3 aliphatic rings. The van der Waals surface area contributed by atoms with Crippen LogP contribution in [0.3, 0.4) is 0 Å². The molecule has 9 aromatic rings. The summed E-state index contributed by atoms with van der Waals surface area (Å²) in [4.78, 5) is 17.8. The van der Waals surface area contributed by atoms with Gasteiger partial charge in [0.2, 0.25) is 0 Å². The van der Waals surface area contributed by atoms with Crippen molar-refractivity contribution in [3.05, 3.63) is 233 Å². The average Bonchev–Trinajstić information content (AvgIpc) is 3.59. The third-order valence-corrected chi connectivity index (χ3v) is 13.2. The second-order valence-electron chi connectivity index (χ2n) is 15.2. The van der Waals surface area contributed by atoms with E-state index in [0.717, 1.165) is 50.3 Å². The highest BCUT2D eigenvalue weighted by molar-refractivity contribution is 7.99. The van der Waals surface area contributed by atoms with Gasteiger partial charge in [0.05, 0.1) is 5.41 Å². The molecule has 1 aliphatic carbocycles. The normalized spacial score (nSPS) is 15.8. The number of nitrogens with zero attached hydrogens (tertiary/aromatic N) is 3. The van der Waals surface area contributed by atoms with Crippen LogP contribution in [0.2, 0.25) is 0 Å². The lowest BCUT2D eigenvalue weighted by molar-refractivity contribution is 0.711. The van der Waals surface area contributed by atoms with Crippen LogP contribution >= 0.6 is 11.8 Å². The van der Waals surface area contributed by atoms with Crippen molar-refractivity contribution in [3.8, 4) is 22.3 Å². The van der Waals surface area contributed by atoms with Crippen molar-refractivity contribution >= 4 is 45.0 Å². The van der Waals surface area contributed by atoms with E-state index >= 15 is 0 Å². The minimum absolute atomic E-state index is 0.454. The van der Waals surface area contributed by atoms with E-state index in [0.29, 0.717) is 0 Å². The first-order valence-electron chi connectivity index (χ1n) is 19.7. The van der Waals surface area contributed by atoms with Crippen LogP contribution < -0.4 is 5.32 Å². The third-order valence-electron chi connectivity index (χ3n) is 12.1. The second kappa shape index (κ2) is 13.0. The average molecular weight is 759 g/mol. The number of aromatic nitrogens is 1. The van der Waals surface area contributed by atoms with Crippen molar-refractivity contribution in [1.82, 2.24) is 10.3 Å². The van der Waals surface area contributed by atoms with Gasteiger partial charge in [0.25, 0.3) is 0 Å². The van der Waals surface area contributed by atoms with E-state index in [4.69, 9.17) is 9.98 Å². The van der Waals surface area contributed by atoms with Crippen molar-refractivity contribution in [3.63, 3.8) is 0 Å². The van der Waals surface area contributed by atoms with Gasteiger partial charge in [0, 0.05) is 44.3 Å². The Morgan fingerprint density at radius 1 is 0.431 bits per heavy atom. The molecule has 8 aromatic carbocycles. The highest BCUT2D eigenvalue weighted by Crippen LogP contribution is 2.62. The van der Waals surface area contributed by atoms with E-state index < -0.39 is 11.6 Å². The van der Waals surface area contributed by atoms with Crippen molar-refractivity contribution in [2.75, 3.05) is 0 Å². The Hall–Kier alpha value is -7.08. The molecular formula is C53H34N4S. The van der Waals surface area contributed by atoms with Crippen molar-refractivity contribution < 1.29 is 0 Å². The van der Waals surface area contributed by atoms with Gasteiger partial charge in [0.15, 0.2) is 6.17 Å². The molecule has 0 radical (unpaired) electrons. The molecule has 3 heterocycles. The smallest absolute Gasteiger partial charge is 0.169 e. The Morgan fingerprint density at radius 2 is 1.03 bits per heavy atom. The SMILES string of the molecule is c1ccc(C2=NC(c3ccc4c(c3)Sc3cc(-c5cncc6ccccc56)ccc3C43c4ccccc4-c4ccccc43)N=C(c3cccc4ccccc34)N2)cc1. The summed E-state index contributed by atoms with van der Waals surface area (Å²) in [5.74, 6) is 1.62.